The molecule has 0 unspecified atom stereocenters. The minimum atomic E-state index is -2.46. The van der Waals surface area contributed by atoms with Gasteiger partial charge >= 0.3 is 8.80 Å². The summed E-state index contributed by atoms with van der Waals surface area (Å²) < 4.78 is 15.6. The Morgan fingerprint density at radius 1 is 1.00 bits per heavy atom. The zero-order valence-corrected chi connectivity index (χ0v) is 9.46. The van der Waals surface area contributed by atoms with Crippen LogP contribution in [0.1, 0.15) is 13.8 Å². The molecule has 0 atom stereocenters. The zero-order valence-electron chi connectivity index (χ0n) is 8.46. The van der Waals surface area contributed by atoms with Gasteiger partial charge in [0.2, 0.25) is 0 Å². The summed E-state index contributed by atoms with van der Waals surface area (Å²) >= 11 is 0. The first kappa shape index (κ1) is 11.8. The first-order chi connectivity index (χ1) is 5.60. The van der Waals surface area contributed by atoms with Gasteiger partial charge in [0.05, 0.1) is 0 Å². The van der Waals surface area contributed by atoms with Gasteiger partial charge in [0, 0.05) is 21.3 Å². The second-order valence-electron chi connectivity index (χ2n) is 2.82. The van der Waals surface area contributed by atoms with Gasteiger partial charge in [0.1, 0.15) is 0 Å². The Morgan fingerprint density at radius 3 is 1.67 bits per heavy atom. The maximum atomic E-state index is 5.19. The van der Waals surface area contributed by atoms with Crippen molar-refractivity contribution in [3.63, 3.8) is 0 Å². The molecule has 0 heterocycles. The maximum absolute atomic E-state index is 5.19. The zero-order chi connectivity index (χ0) is 9.61. The summed E-state index contributed by atoms with van der Waals surface area (Å²) in [5, 5.41) is 0. The van der Waals surface area contributed by atoms with Crippen molar-refractivity contribution in [1.29, 1.82) is 0 Å². The van der Waals surface area contributed by atoms with Gasteiger partial charge in [-0.25, -0.2) is 0 Å². The molecule has 0 fully saturated rings. The van der Waals surface area contributed by atoms with Crippen molar-refractivity contribution >= 4 is 8.80 Å². The molecule has 4 heteroatoms. The van der Waals surface area contributed by atoms with E-state index in [1.807, 2.05) is 11.8 Å². The molecule has 0 aliphatic rings. The highest BCUT2D eigenvalue weighted by Crippen LogP contribution is 2.09. The molecule has 0 radical (unpaired) electrons. The second kappa shape index (κ2) is 5.48. The van der Waals surface area contributed by atoms with E-state index < -0.39 is 8.80 Å². The first-order valence-electron chi connectivity index (χ1n) is 3.95. The molecule has 0 saturated carbocycles. The van der Waals surface area contributed by atoms with Crippen molar-refractivity contribution in [3.8, 4) is 0 Å². The van der Waals surface area contributed by atoms with Gasteiger partial charge in [-0.2, -0.15) is 0 Å². The molecule has 0 aromatic rings. The van der Waals surface area contributed by atoms with E-state index in [2.05, 4.69) is 13.8 Å². The molecule has 12 heavy (non-hydrogen) atoms. The van der Waals surface area contributed by atoms with Crippen molar-refractivity contribution in [3.05, 3.63) is 11.8 Å². The highest BCUT2D eigenvalue weighted by atomic mass is 28.4. The molecule has 0 saturated heterocycles. The predicted octanol–water partition coefficient (Wildman–Crippen LogP) is 1.62. The number of hydrogen-bond acceptors (Lipinski definition) is 3. The normalized spacial score (nSPS) is 13.2. The Hall–Kier alpha value is -0.163. The molecule has 0 aliphatic heterocycles. The van der Waals surface area contributed by atoms with E-state index in [0.29, 0.717) is 5.92 Å². The van der Waals surface area contributed by atoms with E-state index in [1.165, 1.54) is 0 Å². The SMILES string of the molecule is CO[Si](C=CC(C)C)(OC)OC. The smallest absolute Gasteiger partial charge is 0.374 e. The molecule has 0 amide bonds. The van der Waals surface area contributed by atoms with Crippen LogP contribution in [-0.2, 0) is 13.3 Å². The predicted molar refractivity (Wildman–Crippen MR) is 50.8 cm³/mol. The molecule has 0 aliphatic carbocycles. The summed E-state index contributed by atoms with van der Waals surface area (Å²) in [5.74, 6) is 0.484. The fourth-order valence-electron chi connectivity index (χ4n) is 0.764. The van der Waals surface area contributed by atoms with Crippen LogP contribution in [0.5, 0.6) is 0 Å². The first-order valence-corrected chi connectivity index (χ1v) is 5.75. The molecule has 0 aromatic heterocycles. The Balaban J connectivity index is 4.29. The van der Waals surface area contributed by atoms with E-state index >= 15 is 0 Å². The molecule has 72 valence electrons. The molecule has 0 rings (SSSR count). The van der Waals surface area contributed by atoms with Gasteiger partial charge in [-0.05, 0) is 11.6 Å². The average Bonchev–Trinajstić information content (AvgIpc) is 2.08. The fourth-order valence-corrected chi connectivity index (χ4v) is 2.29. The molecular weight excluding hydrogens is 172 g/mol. The van der Waals surface area contributed by atoms with Gasteiger partial charge in [-0.3, -0.25) is 0 Å². The van der Waals surface area contributed by atoms with Crippen LogP contribution < -0.4 is 0 Å². The Bertz CT molecular complexity index is 133. The lowest BCUT2D eigenvalue weighted by Crippen LogP contribution is -2.41. The molecule has 0 aromatic carbocycles. The highest BCUT2D eigenvalue weighted by Gasteiger charge is 2.34. The van der Waals surface area contributed by atoms with E-state index in [4.69, 9.17) is 13.3 Å². The minimum Gasteiger partial charge on any atom is -0.374 e. The topological polar surface area (TPSA) is 27.7 Å². The summed E-state index contributed by atoms with van der Waals surface area (Å²) in [6, 6.07) is 0. The fraction of sp³-hybridized carbons (Fsp3) is 0.750. The van der Waals surface area contributed by atoms with Crippen LogP contribution in [-0.4, -0.2) is 30.1 Å². The van der Waals surface area contributed by atoms with Crippen LogP contribution >= 0.6 is 0 Å². The Morgan fingerprint density at radius 2 is 1.42 bits per heavy atom. The summed E-state index contributed by atoms with van der Waals surface area (Å²) in [6.45, 7) is 4.19. The summed E-state index contributed by atoms with van der Waals surface area (Å²) in [4.78, 5) is 0. The lowest BCUT2D eigenvalue weighted by molar-refractivity contribution is 0.138. The number of hydrogen-bond donors (Lipinski definition) is 0. The van der Waals surface area contributed by atoms with Crippen molar-refractivity contribution in [2.45, 2.75) is 13.8 Å². The van der Waals surface area contributed by atoms with Crippen molar-refractivity contribution in [2.75, 3.05) is 21.3 Å². The van der Waals surface area contributed by atoms with Crippen molar-refractivity contribution in [2.24, 2.45) is 5.92 Å². The van der Waals surface area contributed by atoms with E-state index in [-0.39, 0.29) is 0 Å². The molecule has 0 spiro atoms. The molecule has 3 nitrogen and oxygen atoms in total. The van der Waals surface area contributed by atoms with E-state index in [9.17, 15) is 0 Å². The third kappa shape index (κ3) is 3.49. The number of rotatable bonds is 5. The Labute approximate surface area is 75.7 Å². The van der Waals surface area contributed by atoms with Gasteiger partial charge in [0.15, 0.2) is 0 Å². The van der Waals surface area contributed by atoms with Crippen LogP contribution in [0.3, 0.4) is 0 Å². The lowest BCUT2D eigenvalue weighted by atomic mass is 10.2. The summed E-state index contributed by atoms with van der Waals surface area (Å²) in [5.41, 5.74) is 1.90. The van der Waals surface area contributed by atoms with Crippen molar-refractivity contribution < 1.29 is 13.3 Å². The molecular formula is C8H18O3Si. The van der Waals surface area contributed by atoms with Crippen molar-refractivity contribution in [1.82, 2.24) is 0 Å². The Kier molecular flexibility index (Phi) is 5.40. The van der Waals surface area contributed by atoms with Crippen LogP contribution in [0.25, 0.3) is 0 Å². The molecule has 0 bridgehead atoms. The van der Waals surface area contributed by atoms with Crippen LogP contribution in [0, 0.1) is 5.92 Å². The third-order valence-corrected chi connectivity index (χ3v) is 3.85. The van der Waals surface area contributed by atoms with Gasteiger partial charge < -0.3 is 13.3 Å². The monoisotopic (exact) mass is 190 g/mol. The summed E-state index contributed by atoms with van der Waals surface area (Å²) in [6.07, 6.45) is 2.03. The quantitative estimate of drug-likeness (QED) is 0.617. The van der Waals surface area contributed by atoms with Crippen LogP contribution in [0.4, 0.5) is 0 Å². The van der Waals surface area contributed by atoms with Gasteiger partial charge in [0.25, 0.3) is 0 Å². The van der Waals surface area contributed by atoms with E-state index in [1.54, 1.807) is 21.3 Å². The van der Waals surface area contributed by atoms with Gasteiger partial charge in [-0.15, -0.1) is 0 Å². The highest BCUT2D eigenvalue weighted by molar-refractivity contribution is 6.66. The minimum absolute atomic E-state index is 0.484. The number of allylic oxidation sites excluding steroid dienone is 1. The van der Waals surface area contributed by atoms with E-state index in [0.717, 1.165) is 0 Å². The van der Waals surface area contributed by atoms with Crippen LogP contribution in [0.2, 0.25) is 0 Å². The second-order valence-corrected chi connectivity index (χ2v) is 5.58. The average molecular weight is 190 g/mol. The standard InChI is InChI=1S/C8H18O3Si/c1-8(2)6-7-12(9-3,10-4)11-5/h6-8H,1-5H3. The van der Waals surface area contributed by atoms with Crippen LogP contribution in [0.15, 0.2) is 11.8 Å². The van der Waals surface area contributed by atoms with Gasteiger partial charge in [-0.1, -0.05) is 19.9 Å². The lowest BCUT2D eigenvalue weighted by Gasteiger charge is -2.20. The maximum Gasteiger partial charge on any atom is 0.528 e. The third-order valence-electron chi connectivity index (χ3n) is 1.54. The largest absolute Gasteiger partial charge is 0.528 e. The summed E-state index contributed by atoms with van der Waals surface area (Å²) in [7, 11) is 2.34. The molecule has 0 N–H and O–H groups in total.